The Balaban J connectivity index is 3.38. The Kier molecular flexibility index (Phi) is 5.10. The molecule has 0 saturated heterocycles. The minimum atomic E-state index is -4.73. The van der Waals surface area contributed by atoms with E-state index in [2.05, 4.69) is 0 Å². The Labute approximate surface area is 118 Å². The Morgan fingerprint density at radius 3 is 2.35 bits per heavy atom. The first-order valence-electron chi connectivity index (χ1n) is 5.41. The number of hydrogen-bond acceptors (Lipinski definition) is 3. The van der Waals surface area contributed by atoms with E-state index < -0.39 is 24.5 Å². The number of carbonyl (C=O) groups is 1. The molecule has 1 atom stereocenters. The van der Waals surface area contributed by atoms with Crippen LogP contribution in [0.3, 0.4) is 0 Å². The zero-order chi connectivity index (χ0) is 15.5. The lowest BCUT2D eigenvalue weighted by Gasteiger charge is -2.21. The van der Waals surface area contributed by atoms with Gasteiger partial charge in [0.2, 0.25) is 0 Å². The summed E-state index contributed by atoms with van der Waals surface area (Å²) in [4.78, 5) is 10.6. The molecule has 4 nitrogen and oxygen atoms in total. The van der Waals surface area contributed by atoms with Gasteiger partial charge in [0.15, 0.2) is 11.5 Å². The van der Waals surface area contributed by atoms with Gasteiger partial charge < -0.3 is 14.6 Å². The molecule has 0 radical (unpaired) electrons. The molecular weight excluding hydrogens is 301 g/mol. The lowest BCUT2D eigenvalue weighted by Crippen LogP contribution is -2.24. The Morgan fingerprint density at radius 1 is 1.35 bits per heavy atom. The average molecular weight is 313 g/mol. The van der Waals surface area contributed by atoms with Crippen LogP contribution in [0.5, 0.6) is 11.5 Å². The van der Waals surface area contributed by atoms with Crippen LogP contribution in [0.2, 0.25) is 5.02 Å². The maximum atomic E-state index is 13.0. The first-order chi connectivity index (χ1) is 9.22. The van der Waals surface area contributed by atoms with E-state index in [0.29, 0.717) is 0 Å². The zero-order valence-electron chi connectivity index (χ0n) is 10.6. The van der Waals surface area contributed by atoms with Crippen LogP contribution in [0, 0.1) is 0 Å². The van der Waals surface area contributed by atoms with Crippen LogP contribution in [-0.4, -0.2) is 31.5 Å². The SMILES string of the molecule is COc1ccc(C(CC(=O)O)C(F)(F)F)c(Cl)c1OC. The molecule has 8 heteroatoms. The predicted molar refractivity (Wildman–Crippen MR) is 65.6 cm³/mol. The van der Waals surface area contributed by atoms with E-state index >= 15 is 0 Å². The van der Waals surface area contributed by atoms with E-state index in [1.165, 1.54) is 20.3 Å². The molecule has 0 fully saturated rings. The zero-order valence-corrected chi connectivity index (χ0v) is 11.4. The molecule has 112 valence electrons. The van der Waals surface area contributed by atoms with Gasteiger partial charge in [-0.25, -0.2) is 0 Å². The van der Waals surface area contributed by atoms with Crippen molar-refractivity contribution in [1.29, 1.82) is 0 Å². The van der Waals surface area contributed by atoms with Gasteiger partial charge in [-0.1, -0.05) is 17.7 Å². The van der Waals surface area contributed by atoms with E-state index in [1.807, 2.05) is 0 Å². The Morgan fingerprint density at radius 2 is 1.95 bits per heavy atom. The van der Waals surface area contributed by atoms with Gasteiger partial charge in [0.1, 0.15) is 0 Å². The summed E-state index contributed by atoms with van der Waals surface area (Å²) in [6.45, 7) is 0. The quantitative estimate of drug-likeness (QED) is 0.904. The van der Waals surface area contributed by atoms with Crippen molar-refractivity contribution >= 4 is 17.6 Å². The van der Waals surface area contributed by atoms with Crippen molar-refractivity contribution in [3.8, 4) is 11.5 Å². The summed E-state index contributed by atoms with van der Waals surface area (Å²) in [5.41, 5.74) is -0.362. The first-order valence-corrected chi connectivity index (χ1v) is 5.79. The van der Waals surface area contributed by atoms with Gasteiger partial charge in [0.05, 0.1) is 31.6 Å². The fraction of sp³-hybridized carbons (Fsp3) is 0.417. The number of ether oxygens (including phenoxy) is 2. The number of rotatable bonds is 5. The van der Waals surface area contributed by atoms with Gasteiger partial charge in [0, 0.05) is 0 Å². The molecule has 0 spiro atoms. The molecule has 0 saturated carbocycles. The highest BCUT2D eigenvalue weighted by molar-refractivity contribution is 6.33. The number of carboxylic acid groups (broad SMARTS) is 1. The van der Waals surface area contributed by atoms with Crippen molar-refractivity contribution in [2.45, 2.75) is 18.5 Å². The highest BCUT2D eigenvalue weighted by Gasteiger charge is 2.43. The second kappa shape index (κ2) is 6.21. The molecule has 1 N–H and O–H groups in total. The minimum Gasteiger partial charge on any atom is -0.493 e. The van der Waals surface area contributed by atoms with Crippen molar-refractivity contribution < 1.29 is 32.5 Å². The molecule has 1 aromatic carbocycles. The van der Waals surface area contributed by atoms with Crippen LogP contribution in [0.25, 0.3) is 0 Å². The third-order valence-electron chi connectivity index (χ3n) is 2.66. The number of benzene rings is 1. The number of carboxylic acids is 1. The minimum absolute atomic E-state index is 0.0636. The van der Waals surface area contributed by atoms with Gasteiger partial charge in [-0.2, -0.15) is 13.2 Å². The van der Waals surface area contributed by atoms with Crippen molar-refractivity contribution in [2.75, 3.05) is 14.2 Å². The third kappa shape index (κ3) is 3.47. The topological polar surface area (TPSA) is 55.8 Å². The Hall–Kier alpha value is -1.63. The first kappa shape index (κ1) is 16.4. The number of halogens is 4. The average Bonchev–Trinajstić information content (AvgIpc) is 2.34. The summed E-state index contributed by atoms with van der Waals surface area (Å²) in [5.74, 6) is -3.69. The van der Waals surface area contributed by atoms with Crippen molar-refractivity contribution in [1.82, 2.24) is 0 Å². The third-order valence-corrected chi connectivity index (χ3v) is 3.05. The summed E-state index contributed by atoms with van der Waals surface area (Å²) in [5, 5.41) is 8.32. The van der Waals surface area contributed by atoms with Crippen molar-refractivity contribution in [2.24, 2.45) is 0 Å². The second-order valence-electron chi connectivity index (χ2n) is 3.90. The second-order valence-corrected chi connectivity index (χ2v) is 4.27. The van der Waals surface area contributed by atoms with E-state index in [0.717, 1.165) is 6.07 Å². The lowest BCUT2D eigenvalue weighted by atomic mass is 9.94. The lowest BCUT2D eigenvalue weighted by molar-refractivity contribution is -0.163. The standard InChI is InChI=1S/C12H12ClF3O4/c1-19-8-4-3-6(10(13)11(8)20-2)7(5-9(17)18)12(14,15)16/h3-4,7H,5H2,1-2H3,(H,17,18). The van der Waals surface area contributed by atoms with Crippen molar-refractivity contribution in [3.05, 3.63) is 22.7 Å². The summed E-state index contributed by atoms with van der Waals surface area (Å²) in [6.07, 6.45) is -5.85. The fourth-order valence-corrected chi connectivity index (χ4v) is 2.12. The highest BCUT2D eigenvalue weighted by Crippen LogP contribution is 2.46. The molecular formula is C12H12ClF3O4. The molecule has 1 aromatic rings. The summed E-state index contributed by atoms with van der Waals surface area (Å²) in [6, 6.07) is 2.34. The molecule has 0 aliphatic heterocycles. The summed E-state index contributed by atoms with van der Waals surface area (Å²) < 4.78 is 48.7. The van der Waals surface area contributed by atoms with Crippen molar-refractivity contribution in [3.63, 3.8) is 0 Å². The molecule has 0 amide bonds. The molecule has 1 unspecified atom stereocenters. The molecule has 0 aliphatic carbocycles. The largest absolute Gasteiger partial charge is 0.493 e. The van der Waals surface area contributed by atoms with Gasteiger partial charge in [-0.15, -0.1) is 0 Å². The fourth-order valence-electron chi connectivity index (χ4n) is 1.75. The number of hydrogen-bond donors (Lipinski definition) is 1. The van der Waals surface area contributed by atoms with E-state index in [4.69, 9.17) is 26.2 Å². The van der Waals surface area contributed by atoms with Gasteiger partial charge in [-0.3, -0.25) is 4.79 Å². The number of aliphatic carboxylic acids is 1. The van der Waals surface area contributed by atoms with E-state index in [-0.39, 0.29) is 22.1 Å². The number of alkyl halides is 3. The predicted octanol–water partition coefficient (Wildman–Crippen LogP) is 3.48. The maximum absolute atomic E-state index is 13.0. The van der Waals surface area contributed by atoms with Gasteiger partial charge in [-0.05, 0) is 11.6 Å². The molecule has 0 aromatic heterocycles. The molecule has 0 bridgehead atoms. The van der Waals surface area contributed by atoms with Crippen LogP contribution >= 0.6 is 11.6 Å². The monoisotopic (exact) mass is 312 g/mol. The smallest absolute Gasteiger partial charge is 0.396 e. The van der Waals surface area contributed by atoms with Crippen LogP contribution < -0.4 is 9.47 Å². The van der Waals surface area contributed by atoms with Crippen LogP contribution in [-0.2, 0) is 4.79 Å². The molecule has 0 aliphatic rings. The molecule has 20 heavy (non-hydrogen) atoms. The van der Waals surface area contributed by atoms with Gasteiger partial charge >= 0.3 is 12.1 Å². The van der Waals surface area contributed by atoms with E-state index in [9.17, 15) is 18.0 Å². The normalized spacial score (nSPS) is 12.9. The van der Waals surface area contributed by atoms with Crippen LogP contribution in [0.4, 0.5) is 13.2 Å². The maximum Gasteiger partial charge on any atom is 0.396 e. The number of methoxy groups -OCH3 is 2. The van der Waals surface area contributed by atoms with E-state index in [1.54, 1.807) is 0 Å². The molecule has 0 heterocycles. The van der Waals surface area contributed by atoms with Crippen LogP contribution in [0.15, 0.2) is 12.1 Å². The van der Waals surface area contributed by atoms with Crippen LogP contribution in [0.1, 0.15) is 17.9 Å². The summed E-state index contributed by atoms with van der Waals surface area (Å²) >= 11 is 5.88. The molecule has 1 rings (SSSR count). The van der Waals surface area contributed by atoms with Gasteiger partial charge in [0.25, 0.3) is 0 Å². The summed E-state index contributed by atoms with van der Waals surface area (Å²) in [7, 11) is 2.54. The highest BCUT2D eigenvalue weighted by atomic mass is 35.5. The Bertz CT molecular complexity index is 502.